The van der Waals surface area contributed by atoms with Gasteiger partial charge in [-0.25, -0.2) is 0 Å². The first-order chi connectivity index (χ1) is 8.52. The Kier molecular flexibility index (Phi) is 5.32. The molecule has 0 saturated carbocycles. The van der Waals surface area contributed by atoms with Gasteiger partial charge < -0.3 is 16.4 Å². The van der Waals surface area contributed by atoms with Crippen molar-refractivity contribution in [2.24, 2.45) is 5.73 Å². The first-order valence-corrected chi connectivity index (χ1v) is 5.89. The minimum absolute atomic E-state index is 0.0675. The van der Waals surface area contributed by atoms with E-state index in [9.17, 15) is 9.59 Å². The summed E-state index contributed by atoms with van der Waals surface area (Å²) in [6.07, 6.45) is 0. The third-order valence-electron chi connectivity index (χ3n) is 2.47. The lowest BCUT2D eigenvalue weighted by Gasteiger charge is -2.09. The molecule has 2 amide bonds. The molecule has 18 heavy (non-hydrogen) atoms. The second-order valence-electron chi connectivity index (χ2n) is 4.31. The fourth-order valence-electron chi connectivity index (χ4n) is 1.43. The average Bonchev–Trinajstić information content (AvgIpc) is 2.36. The Hall–Kier alpha value is -1.88. The van der Waals surface area contributed by atoms with Crippen LogP contribution in [0.25, 0.3) is 0 Å². The molecule has 0 atom stereocenters. The van der Waals surface area contributed by atoms with E-state index in [0.29, 0.717) is 5.92 Å². The minimum Gasteiger partial charge on any atom is -0.346 e. The lowest BCUT2D eigenvalue weighted by molar-refractivity contribution is -0.123. The van der Waals surface area contributed by atoms with Gasteiger partial charge in [0.1, 0.15) is 0 Å². The van der Waals surface area contributed by atoms with Gasteiger partial charge >= 0.3 is 0 Å². The van der Waals surface area contributed by atoms with Crippen molar-refractivity contribution in [3.8, 4) is 0 Å². The topological polar surface area (TPSA) is 84.2 Å². The van der Waals surface area contributed by atoms with E-state index in [1.54, 1.807) is 0 Å². The number of carbonyl (C=O) groups excluding carboxylic acids is 2. The van der Waals surface area contributed by atoms with Crippen LogP contribution in [0, 0.1) is 0 Å². The smallest absolute Gasteiger partial charge is 0.243 e. The quantitative estimate of drug-likeness (QED) is 0.722. The second kappa shape index (κ2) is 6.76. The number of hydrogen-bond acceptors (Lipinski definition) is 3. The predicted molar refractivity (Wildman–Crippen MR) is 71.2 cm³/mol. The van der Waals surface area contributed by atoms with E-state index >= 15 is 0 Å². The maximum atomic E-state index is 11.5. The Morgan fingerprint density at radius 2 is 2.00 bits per heavy atom. The van der Waals surface area contributed by atoms with Crippen LogP contribution >= 0.6 is 0 Å². The first-order valence-electron chi connectivity index (χ1n) is 5.89. The maximum Gasteiger partial charge on any atom is 0.243 e. The molecule has 0 fully saturated rings. The highest BCUT2D eigenvalue weighted by atomic mass is 16.2. The molecule has 1 aromatic rings. The van der Waals surface area contributed by atoms with Gasteiger partial charge in [-0.2, -0.15) is 0 Å². The van der Waals surface area contributed by atoms with Crippen LogP contribution in [0.4, 0.5) is 5.69 Å². The molecule has 0 aromatic heterocycles. The number of nitrogens with two attached hydrogens (primary N) is 1. The summed E-state index contributed by atoms with van der Waals surface area (Å²) < 4.78 is 0. The summed E-state index contributed by atoms with van der Waals surface area (Å²) in [6.45, 7) is 3.99. The Labute approximate surface area is 107 Å². The van der Waals surface area contributed by atoms with E-state index in [1.165, 1.54) is 0 Å². The zero-order valence-corrected chi connectivity index (χ0v) is 10.7. The van der Waals surface area contributed by atoms with Crippen LogP contribution in [0.1, 0.15) is 25.3 Å². The van der Waals surface area contributed by atoms with Crippen molar-refractivity contribution < 1.29 is 9.59 Å². The molecule has 4 N–H and O–H groups in total. The van der Waals surface area contributed by atoms with Crippen molar-refractivity contribution in [2.75, 3.05) is 18.4 Å². The number of rotatable bonds is 5. The van der Waals surface area contributed by atoms with Gasteiger partial charge in [-0.15, -0.1) is 0 Å². The summed E-state index contributed by atoms with van der Waals surface area (Å²) in [5.41, 5.74) is 7.00. The molecular formula is C13H19N3O2. The number of anilines is 1. The van der Waals surface area contributed by atoms with Gasteiger partial charge in [0.05, 0.1) is 13.1 Å². The van der Waals surface area contributed by atoms with Gasteiger partial charge in [-0.3, -0.25) is 9.59 Å². The Bertz CT molecular complexity index is 430. The maximum absolute atomic E-state index is 11.5. The molecule has 0 aliphatic carbocycles. The van der Waals surface area contributed by atoms with Crippen LogP contribution in [0.2, 0.25) is 0 Å². The van der Waals surface area contributed by atoms with E-state index in [0.717, 1.165) is 11.3 Å². The summed E-state index contributed by atoms with van der Waals surface area (Å²) in [4.78, 5) is 22.4. The lowest BCUT2D eigenvalue weighted by atomic mass is 10.0. The van der Waals surface area contributed by atoms with E-state index in [-0.39, 0.29) is 24.9 Å². The van der Waals surface area contributed by atoms with E-state index in [4.69, 9.17) is 5.73 Å². The highest BCUT2D eigenvalue weighted by molar-refractivity contribution is 5.94. The summed E-state index contributed by atoms with van der Waals surface area (Å²) in [5.74, 6) is -0.211. The summed E-state index contributed by atoms with van der Waals surface area (Å²) in [5, 5.41) is 5.14. The molecule has 98 valence electrons. The zero-order valence-electron chi connectivity index (χ0n) is 10.7. The fourth-order valence-corrected chi connectivity index (χ4v) is 1.43. The van der Waals surface area contributed by atoms with Crippen molar-refractivity contribution in [1.82, 2.24) is 5.32 Å². The monoisotopic (exact) mass is 249 g/mol. The zero-order chi connectivity index (χ0) is 13.5. The molecule has 0 radical (unpaired) electrons. The fraction of sp³-hybridized carbons (Fsp3) is 0.385. The Morgan fingerprint density at radius 3 is 2.61 bits per heavy atom. The predicted octanol–water partition coefficient (Wildman–Crippen LogP) is 0.823. The molecule has 0 saturated heterocycles. The van der Waals surface area contributed by atoms with Crippen molar-refractivity contribution >= 4 is 17.5 Å². The molecule has 0 heterocycles. The summed E-state index contributed by atoms with van der Waals surface area (Å²) >= 11 is 0. The van der Waals surface area contributed by atoms with Gasteiger partial charge in [0, 0.05) is 5.69 Å². The Balaban J connectivity index is 2.54. The van der Waals surface area contributed by atoms with Crippen molar-refractivity contribution in [3.63, 3.8) is 0 Å². The molecular weight excluding hydrogens is 230 g/mol. The SMILES string of the molecule is CC(C)c1cccc(NC(=O)CNC(=O)CN)c1. The third kappa shape index (κ3) is 4.55. The van der Waals surface area contributed by atoms with Crippen LogP contribution in [-0.2, 0) is 9.59 Å². The molecule has 1 rings (SSSR count). The van der Waals surface area contributed by atoms with Crippen LogP contribution in [0.3, 0.4) is 0 Å². The highest BCUT2D eigenvalue weighted by Gasteiger charge is 2.05. The van der Waals surface area contributed by atoms with Crippen molar-refractivity contribution in [3.05, 3.63) is 29.8 Å². The average molecular weight is 249 g/mol. The first kappa shape index (κ1) is 14.2. The van der Waals surface area contributed by atoms with Crippen molar-refractivity contribution in [2.45, 2.75) is 19.8 Å². The van der Waals surface area contributed by atoms with Gasteiger partial charge in [0.25, 0.3) is 0 Å². The number of carbonyl (C=O) groups is 2. The number of hydrogen-bond donors (Lipinski definition) is 3. The summed E-state index contributed by atoms with van der Waals surface area (Å²) in [7, 11) is 0. The molecule has 0 aliphatic rings. The number of benzene rings is 1. The molecule has 5 nitrogen and oxygen atoms in total. The molecule has 0 unspecified atom stereocenters. The van der Waals surface area contributed by atoms with Crippen LogP contribution in [0.5, 0.6) is 0 Å². The molecule has 0 bridgehead atoms. The standard InChI is InChI=1S/C13H19N3O2/c1-9(2)10-4-3-5-11(6-10)16-13(18)8-15-12(17)7-14/h3-6,9H,7-8,14H2,1-2H3,(H,15,17)(H,16,18). The van der Waals surface area contributed by atoms with Crippen LogP contribution in [0.15, 0.2) is 24.3 Å². The van der Waals surface area contributed by atoms with E-state index in [1.807, 2.05) is 24.3 Å². The lowest BCUT2D eigenvalue weighted by Crippen LogP contribution is -2.36. The summed E-state index contributed by atoms with van der Waals surface area (Å²) in [6, 6.07) is 7.64. The number of amides is 2. The van der Waals surface area contributed by atoms with Crippen LogP contribution in [-0.4, -0.2) is 24.9 Å². The molecule has 0 aliphatic heterocycles. The van der Waals surface area contributed by atoms with Crippen LogP contribution < -0.4 is 16.4 Å². The van der Waals surface area contributed by atoms with Gasteiger partial charge in [0.2, 0.25) is 11.8 Å². The molecule has 5 heteroatoms. The minimum atomic E-state index is -0.346. The highest BCUT2D eigenvalue weighted by Crippen LogP contribution is 2.18. The Morgan fingerprint density at radius 1 is 1.28 bits per heavy atom. The van der Waals surface area contributed by atoms with Gasteiger partial charge in [-0.05, 0) is 23.6 Å². The molecule has 0 spiro atoms. The normalized spacial score (nSPS) is 10.2. The molecule has 1 aromatic carbocycles. The largest absolute Gasteiger partial charge is 0.346 e. The van der Waals surface area contributed by atoms with E-state index < -0.39 is 0 Å². The van der Waals surface area contributed by atoms with Gasteiger partial charge in [0.15, 0.2) is 0 Å². The van der Waals surface area contributed by atoms with Crippen molar-refractivity contribution in [1.29, 1.82) is 0 Å². The second-order valence-corrected chi connectivity index (χ2v) is 4.31. The number of nitrogens with one attached hydrogen (secondary N) is 2. The van der Waals surface area contributed by atoms with E-state index in [2.05, 4.69) is 24.5 Å². The third-order valence-corrected chi connectivity index (χ3v) is 2.47. The van der Waals surface area contributed by atoms with Gasteiger partial charge in [-0.1, -0.05) is 26.0 Å².